The lowest BCUT2D eigenvalue weighted by Gasteiger charge is -2.22. The van der Waals surface area contributed by atoms with Gasteiger partial charge in [0.1, 0.15) is 22.8 Å². The number of carbonyl (C=O) groups excluding carboxylic acids is 2. The van der Waals surface area contributed by atoms with E-state index in [2.05, 4.69) is 0 Å². The molecule has 0 aliphatic heterocycles. The van der Waals surface area contributed by atoms with Crippen molar-refractivity contribution in [3.8, 4) is 17.2 Å². The van der Waals surface area contributed by atoms with Crippen molar-refractivity contribution in [3.63, 3.8) is 0 Å². The van der Waals surface area contributed by atoms with Crippen LogP contribution in [0.25, 0.3) is 0 Å². The largest absolute Gasteiger partial charge is 0.507 e. The normalized spacial score (nSPS) is 12.7. The zero-order valence-electron chi connectivity index (χ0n) is 11.7. The van der Waals surface area contributed by atoms with E-state index in [1.807, 2.05) is 0 Å². The molecule has 0 saturated heterocycles. The Kier molecular flexibility index (Phi) is 2.90. The second-order valence-corrected chi connectivity index (χ2v) is 5.14. The Balaban J connectivity index is 2.44. The van der Waals surface area contributed by atoms with Gasteiger partial charge >= 0.3 is 5.97 Å². The van der Waals surface area contributed by atoms with E-state index >= 15 is 0 Å². The Hall–Kier alpha value is -3.35. The molecule has 0 bridgehead atoms. The SMILES string of the molecule is Cc1c(C(=O)O)c(O)cc2c1C(=O)c1c(O)ccc(O)c1C2=O. The molecule has 2 aromatic carbocycles. The average molecular weight is 314 g/mol. The third kappa shape index (κ3) is 1.80. The van der Waals surface area contributed by atoms with Crippen LogP contribution in [-0.4, -0.2) is 38.0 Å². The number of benzene rings is 2. The number of carboxylic acids is 1. The van der Waals surface area contributed by atoms with Crippen molar-refractivity contribution in [1.82, 2.24) is 0 Å². The monoisotopic (exact) mass is 314 g/mol. The summed E-state index contributed by atoms with van der Waals surface area (Å²) in [6.07, 6.45) is 0. The molecule has 0 saturated carbocycles. The predicted octanol–water partition coefficient (Wildman–Crippen LogP) is 1.59. The van der Waals surface area contributed by atoms with E-state index in [0.717, 1.165) is 18.2 Å². The van der Waals surface area contributed by atoms with Gasteiger partial charge in [-0.1, -0.05) is 0 Å². The van der Waals surface area contributed by atoms with Crippen LogP contribution in [0.2, 0.25) is 0 Å². The smallest absolute Gasteiger partial charge is 0.339 e. The summed E-state index contributed by atoms with van der Waals surface area (Å²) in [5.41, 5.74) is -1.76. The second-order valence-electron chi connectivity index (χ2n) is 5.14. The lowest BCUT2D eigenvalue weighted by Crippen LogP contribution is -2.23. The summed E-state index contributed by atoms with van der Waals surface area (Å²) in [5.74, 6) is -4.65. The Labute approximate surface area is 129 Å². The molecule has 0 heterocycles. The number of phenols is 3. The molecule has 0 fully saturated rings. The summed E-state index contributed by atoms with van der Waals surface area (Å²) < 4.78 is 0. The van der Waals surface area contributed by atoms with Crippen molar-refractivity contribution < 1.29 is 34.8 Å². The van der Waals surface area contributed by atoms with Crippen LogP contribution in [0.5, 0.6) is 17.2 Å². The Morgan fingerprint density at radius 3 is 1.91 bits per heavy atom. The fourth-order valence-corrected chi connectivity index (χ4v) is 2.84. The molecule has 116 valence electrons. The first-order valence-corrected chi connectivity index (χ1v) is 6.49. The number of hydrogen-bond donors (Lipinski definition) is 4. The maximum absolute atomic E-state index is 12.6. The molecule has 0 radical (unpaired) electrons. The second kappa shape index (κ2) is 4.57. The molecule has 1 aliphatic carbocycles. The summed E-state index contributed by atoms with van der Waals surface area (Å²) in [5, 5.41) is 38.7. The number of carbonyl (C=O) groups is 3. The van der Waals surface area contributed by atoms with Gasteiger partial charge in [0.15, 0.2) is 11.6 Å². The summed E-state index contributed by atoms with van der Waals surface area (Å²) >= 11 is 0. The van der Waals surface area contributed by atoms with Gasteiger partial charge in [-0.2, -0.15) is 0 Å². The molecule has 4 N–H and O–H groups in total. The lowest BCUT2D eigenvalue weighted by atomic mass is 9.79. The van der Waals surface area contributed by atoms with Crippen LogP contribution in [0.1, 0.15) is 47.8 Å². The van der Waals surface area contributed by atoms with Crippen LogP contribution in [0.4, 0.5) is 0 Å². The molecular formula is C16H10O7. The van der Waals surface area contributed by atoms with Crippen LogP contribution < -0.4 is 0 Å². The Morgan fingerprint density at radius 1 is 0.870 bits per heavy atom. The molecule has 0 aromatic heterocycles. The number of hydrogen-bond acceptors (Lipinski definition) is 6. The van der Waals surface area contributed by atoms with E-state index in [0.29, 0.717) is 0 Å². The molecule has 0 amide bonds. The van der Waals surface area contributed by atoms with E-state index in [1.165, 1.54) is 6.92 Å². The van der Waals surface area contributed by atoms with Gasteiger partial charge in [-0.15, -0.1) is 0 Å². The molecule has 1 aliphatic rings. The van der Waals surface area contributed by atoms with Crippen LogP contribution in [0.3, 0.4) is 0 Å². The minimum absolute atomic E-state index is 0.0840. The zero-order valence-corrected chi connectivity index (χ0v) is 11.7. The quantitative estimate of drug-likeness (QED) is 0.501. The van der Waals surface area contributed by atoms with Crippen LogP contribution >= 0.6 is 0 Å². The highest BCUT2D eigenvalue weighted by Crippen LogP contribution is 2.40. The highest BCUT2D eigenvalue weighted by molar-refractivity contribution is 6.31. The molecule has 0 unspecified atom stereocenters. The summed E-state index contributed by atoms with van der Waals surface area (Å²) in [6, 6.07) is 3.03. The fraction of sp³-hybridized carbons (Fsp3) is 0.0625. The third-order valence-electron chi connectivity index (χ3n) is 3.86. The van der Waals surface area contributed by atoms with Gasteiger partial charge in [0.25, 0.3) is 0 Å². The van der Waals surface area contributed by atoms with Gasteiger partial charge in [0.2, 0.25) is 0 Å². The Bertz CT molecular complexity index is 925. The topological polar surface area (TPSA) is 132 Å². The third-order valence-corrected chi connectivity index (χ3v) is 3.86. The van der Waals surface area contributed by atoms with Crippen molar-refractivity contribution in [2.24, 2.45) is 0 Å². The molecule has 7 nitrogen and oxygen atoms in total. The average Bonchev–Trinajstić information content (AvgIpc) is 2.46. The first-order valence-electron chi connectivity index (χ1n) is 6.49. The molecule has 23 heavy (non-hydrogen) atoms. The molecule has 7 heteroatoms. The van der Waals surface area contributed by atoms with Crippen LogP contribution in [0.15, 0.2) is 18.2 Å². The molecule has 0 spiro atoms. The standard InChI is InChI=1S/C16H10O7/c1-5-10-6(4-9(19)11(5)16(22)23)14(20)12-7(17)2-3-8(18)13(12)15(10)21/h2-4,17-19H,1H3,(H,22,23). The van der Waals surface area contributed by atoms with E-state index in [9.17, 15) is 29.7 Å². The van der Waals surface area contributed by atoms with Gasteiger partial charge in [-0.05, 0) is 30.7 Å². The Morgan fingerprint density at radius 2 is 1.39 bits per heavy atom. The summed E-state index contributed by atoms with van der Waals surface area (Å²) in [6.45, 7) is 1.29. The number of aromatic carboxylic acids is 1. The first-order chi connectivity index (χ1) is 10.8. The van der Waals surface area contributed by atoms with Gasteiger partial charge in [0, 0.05) is 11.1 Å². The van der Waals surface area contributed by atoms with Crippen molar-refractivity contribution in [2.75, 3.05) is 0 Å². The van der Waals surface area contributed by atoms with E-state index in [1.54, 1.807) is 0 Å². The van der Waals surface area contributed by atoms with Crippen molar-refractivity contribution >= 4 is 17.5 Å². The minimum Gasteiger partial charge on any atom is -0.507 e. The number of fused-ring (bicyclic) bond motifs is 2. The van der Waals surface area contributed by atoms with Gasteiger partial charge in [0.05, 0.1) is 11.1 Å². The highest BCUT2D eigenvalue weighted by atomic mass is 16.4. The number of carboxylic acid groups (broad SMARTS) is 1. The van der Waals surface area contributed by atoms with E-state index < -0.39 is 40.3 Å². The van der Waals surface area contributed by atoms with Crippen LogP contribution in [-0.2, 0) is 0 Å². The first kappa shape index (κ1) is 14.6. The van der Waals surface area contributed by atoms with Crippen molar-refractivity contribution in [3.05, 3.63) is 51.6 Å². The van der Waals surface area contributed by atoms with E-state index in [-0.39, 0.29) is 27.8 Å². The van der Waals surface area contributed by atoms with Gasteiger partial charge < -0.3 is 20.4 Å². The molecular weight excluding hydrogens is 304 g/mol. The maximum Gasteiger partial charge on any atom is 0.339 e. The number of rotatable bonds is 1. The zero-order chi connectivity index (χ0) is 17.0. The summed E-state index contributed by atoms with van der Waals surface area (Å²) in [7, 11) is 0. The molecule has 2 aromatic rings. The predicted molar refractivity (Wildman–Crippen MR) is 76.4 cm³/mol. The number of aromatic hydroxyl groups is 3. The highest BCUT2D eigenvalue weighted by Gasteiger charge is 2.37. The summed E-state index contributed by atoms with van der Waals surface area (Å²) in [4.78, 5) is 36.4. The molecule has 3 rings (SSSR count). The molecule has 0 atom stereocenters. The number of phenolic OH excluding ortho intramolecular Hbond substituents is 2. The van der Waals surface area contributed by atoms with E-state index in [4.69, 9.17) is 5.11 Å². The maximum atomic E-state index is 12.6. The lowest BCUT2D eigenvalue weighted by molar-refractivity contribution is 0.0692. The minimum atomic E-state index is -1.45. The fourth-order valence-electron chi connectivity index (χ4n) is 2.84. The van der Waals surface area contributed by atoms with Gasteiger partial charge in [-0.3, -0.25) is 9.59 Å². The van der Waals surface area contributed by atoms with Crippen molar-refractivity contribution in [2.45, 2.75) is 6.92 Å². The number of ketones is 2. The van der Waals surface area contributed by atoms with Gasteiger partial charge in [-0.25, -0.2) is 4.79 Å². The van der Waals surface area contributed by atoms with Crippen molar-refractivity contribution in [1.29, 1.82) is 0 Å². The van der Waals surface area contributed by atoms with Crippen LogP contribution in [0, 0.1) is 6.92 Å².